The highest BCUT2D eigenvalue weighted by Crippen LogP contribution is 2.31. The van der Waals surface area contributed by atoms with E-state index in [0.717, 1.165) is 19.6 Å². The number of anilines is 1. The lowest BCUT2D eigenvalue weighted by Gasteiger charge is -2.28. The van der Waals surface area contributed by atoms with E-state index in [9.17, 15) is 14.0 Å². The molecule has 0 atom stereocenters. The fourth-order valence-corrected chi connectivity index (χ4v) is 4.69. The summed E-state index contributed by atoms with van der Waals surface area (Å²) >= 11 is 1.25. The zero-order valence-corrected chi connectivity index (χ0v) is 18.6. The lowest BCUT2D eigenvalue weighted by molar-refractivity contribution is 0.0376. The molecule has 1 aliphatic rings. The summed E-state index contributed by atoms with van der Waals surface area (Å²) in [5.41, 5.74) is 0.649. The van der Waals surface area contributed by atoms with Gasteiger partial charge in [0.05, 0.1) is 36.2 Å². The van der Waals surface area contributed by atoms with Crippen LogP contribution in [0.15, 0.2) is 42.5 Å². The third-order valence-electron chi connectivity index (χ3n) is 5.36. The van der Waals surface area contributed by atoms with Crippen molar-refractivity contribution in [1.29, 1.82) is 0 Å². The minimum absolute atomic E-state index is 0.186. The number of amides is 1. The van der Waals surface area contributed by atoms with Crippen molar-refractivity contribution >= 4 is 38.6 Å². The zero-order valence-electron chi connectivity index (χ0n) is 17.8. The first-order valence-corrected chi connectivity index (χ1v) is 11.2. The van der Waals surface area contributed by atoms with E-state index >= 15 is 0 Å². The summed E-state index contributed by atoms with van der Waals surface area (Å²) in [6.45, 7) is 4.29. The molecule has 0 spiro atoms. The monoisotopic (exact) mass is 457 g/mol. The van der Waals surface area contributed by atoms with E-state index in [4.69, 9.17) is 9.47 Å². The normalized spacial score (nSPS) is 14.4. The van der Waals surface area contributed by atoms with E-state index in [1.165, 1.54) is 29.4 Å². The maximum atomic E-state index is 14.3. The summed E-state index contributed by atoms with van der Waals surface area (Å²) < 4.78 is 25.2. The van der Waals surface area contributed by atoms with Crippen molar-refractivity contribution in [3.63, 3.8) is 0 Å². The Morgan fingerprint density at radius 3 is 2.62 bits per heavy atom. The summed E-state index contributed by atoms with van der Waals surface area (Å²) in [4.78, 5) is 34.1. The zero-order chi connectivity index (χ0) is 22.5. The van der Waals surface area contributed by atoms with Gasteiger partial charge in [0.15, 0.2) is 5.13 Å². The van der Waals surface area contributed by atoms with E-state index in [1.54, 1.807) is 36.4 Å². The van der Waals surface area contributed by atoms with Gasteiger partial charge in [-0.1, -0.05) is 29.5 Å². The summed E-state index contributed by atoms with van der Waals surface area (Å²) in [5.74, 6) is -1.38. The number of para-hydroxylation sites is 1. The van der Waals surface area contributed by atoms with Crippen molar-refractivity contribution in [3.05, 3.63) is 59.4 Å². The lowest BCUT2D eigenvalue weighted by Crippen LogP contribution is -2.39. The Bertz CT molecular complexity index is 1110. The number of rotatable bonds is 7. The average molecular weight is 458 g/mol. The van der Waals surface area contributed by atoms with Crippen LogP contribution in [0.4, 0.5) is 9.52 Å². The summed E-state index contributed by atoms with van der Waals surface area (Å²) in [6.07, 6.45) is 0.699. The van der Waals surface area contributed by atoms with Gasteiger partial charge in [-0.15, -0.1) is 0 Å². The topological polar surface area (TPSA) is 72.0 Å². The molecule has 2 aromatic carbocycles. The molecule has 4 rings (SSSR count). The molecule has 168 valence electrons. The number of esters is 1. The second-order valence-corrected chi connectivity index (χ2v) is 8.39. The fraction of sp³-hybridized carbons (Fsp3) is 0.348. The number of aromatic nitrogens is 1. The Morgan fingerprint density at radius 1 is 1.16 bits per heavy atom. The summed E-state index contributed by atoms with van der Waals surface area (Å²) in [5, 5.41) is 0.400. The Kier molecular flexibility index (Phi) is 7.09. The third kappa shape index (κ3) is 4.79. The van der Waals surface area contributed by atoms with Gasteiger partial charge in [-0.2, -0.15) is 0 Å². The van der Waals surface area contributed by atoms with Crippen LogP contribution in [0.5, 0.6) is 0 Å². The van der Waals surface area contributed by atoms with E-state index in [1.807, 2.05) is 0 Å². The molecule has 1 saturated heterocycles. The number of morpholine rings is 1. The molecule has 0 saturated carbocycles. The number of carbonyl (C=O) groups is 2. The van der Waals surface area contributed by atoms with Gasteiger partial charge >= 0.3 is 5.97 Å². The maximum absolute atomic E-state index is 14.3. The van der Waals surface area contributed by atoms with E-state index < -0.39 is 11.8 Å². The van der Waals surface area contributed by atoms with Gasteiger partial charge in [0.25, 0.3) is 5.91 Å². The van der Waals surface area contributed by atoms with Crippen LogP contribution in [0.1, 0.15) is 27.1 Å². The second kappa shape index (κ2) is 10.2. The quantitative estimate of drug-likeness (QED) is 0.505. The number of benzene rings is 2. The van der Waals surface area contributed by atoms with Crippen molar-refractivity contribution in [2.45, 2.75) is 6.42 Å². The predicted octanol–water partition coefficient (Wildman–Crippen LogP) is 3.59. The Hall–Kier alpha value is -2.88. The Balaban J connectivity index is 1.64. The highest BCUT2D eigenvalue weighted by atomic mass is 32.1. The predicted molar refractivity (Wildman–Crippen MR) is 121 cm³/mol. The molecule has 0 N–H and O–H groups in total. The van der Waals surface area contributed by atoms with Gasteiger partial charge in [-0.05, 0) is 30.7 Å². The van der Waals surface area contributed by atoms with Crippen LogP contribution in [0.2, 0.25) is 0 Å². The third-order valence-corrected chi connectivity index (χ3v) is 6.40. The smallest absolute Gasteiger partial charge is 0.338 e. The lowest BCUT2D eigenvalue weighted by atomic mass is 10.1. The SMILES string of the molecule is COC(=O)c1ccccc1C(=O)N(CCCN1CCOCC1)c1nc2c(F)cccc2s1. The molecule has 3 aromatic rings. The number of methoxy groups -OCH3 is 1. The van der Waals surface area contributed by atoms with Crippen LogP contribution in [0.3, 0.4) is 0 Å². The Morgan fingerprint density at radius 2 is 1.91 bits per heavy atom. The van der Waals surface area contributed by atoms with Gasteiger partial charge in [0, 0.05) is 26.2 Å². The van der Waals surface area contributed by atoms with Crippen LogP contribution in [0.25, 0.3) is 10.2 Å². The molecule has 7 nitrogen and oxygen atoms in total. The van der Waals surface area contributed by atoms with Crippen molar-refractivity contribution in [2.24, 2.45) is 0 Å². The van der Waals surface area contributed by atoms with Crippen molar-refractivity contribution in [2.75, 3.05) is 51.4 Å². The number of carbonyl (C=O) groups excluding carboxylic acids is 2. The molecule has 0 radical (unpaired) electrons. The highest BCUT2D eigenvalue weighted by Gasteiger charge is 2.26. The molecule has 1 aliphatic heterocycles. The number of hydrogen-bond donors (Lipinski definition) is 0. The number of ether oxygens (including phenoxy) is 2. The van der Waals surface area contributed by atoms with Crippen molar-refractivity contribution < 1.29 is 23.5 Å². The number of thiazole rings is 1. The van der Waals surface area contributed by atoms with Crippen molar-refractivity contribution in [3.8, 4) is 0 Å². The number of fused-ring (bicyclic) bond motifs is 1. The molecule has 0 unspecified atom stereocenters. The van der Waals surface area contributed by atoms with Gasteiger partial charge < -0.3 is 9.47 Å². The minimum atomic E-state index is -0.586. The molecule has 1 amide bonds. The second-order valence-electron chi connectivity index (χ2n) is 7.38. The molecule has 9 heteroatoms. The van der Waals surface area contributed by atoms with Crippen molar-refractivity contribution in [1.82, 2.24) is 9.88 Å². The summed E-state index contributed by atoms with van der Waals surface area (Å²) in [6, 6.07) is 11.3. The standard InChI is InChI=1S/C23H24FN3O4S/c1-30-22(29)17-7-3-2-6-16(17)21(28)27(11-5-10-26-12-14-31-15-13-26)23-25-20-18(24)8-4-9-19(20)32-23/h2-4,6-9H,5,10-15H2,1H3. The highest BCUT2D eigenvalue weighted by molar-refractivity contribution is 7.22. The van der Waals surface area contributed by atoms with E-state index in [-0.39, 0.29) is 22.6 Å². The summed E-state index contributed by atoms with van der Waals surface area (Å²) in [7, 11) is 1.28. The molecule has 2 heterocycles. The Labute approximate surface area is 189 Å². The molecule has 32 heavy (non-hydrogen) atoms. The van der Waals surface area contributed by atoms with Gasteiger partial charge in [0.1, 0.15) is 11.3 Å². The molecular weight excluding hydrogens is 433 g/mol. The van der Waals surface area contributed by atoms with Gasteiger partial charge in [0.2, 0.25) is 0 Å². The molecule has 0 aliphatic carbocycles. The van der Waals surface area contributed by atoms with E-state index in [0.29, 0.717) is 36.0 Å². The number of hydrogen-bond acceptors (Lipinski definition) is 7. The number of nitrogens with zero attached hydrogens (tertiary/aromatic N) is 3. The van der Waals surface area contributed by atoms with Crippen LogP contribution in [-0.4, -0.2) is 68.3 Å². The molecule has 1 aromatic heterocycles. The fourth-order valence-electron chi connectivity index (χ4n) is 3.68. The maximum Gasteiger partial charge on any atom is 0.338 e. The van der Waals surface area contributed by atoms with Gasteiger partial charge in [-0.25, -0.2) is 14.2 Å². The van der Waals surface area contributed by atoms with Crippen LogP contribution >= 0.6 is 11.3 Å². The van der Waals surface area contributed by atoms with Crippen LogP contribution in [0, 0.1) is 5.82 Å². The number of halogens is 1. The molecule has 0 bridgehead atoms. The van der Waals surface area contributed by atoms with E-state index in [2.05, 4.69) is 9.88 Å². The first kappa shape index (κ1) is 22.3. The largest absolute Gasteiger partial charge is 0.465 e. The molecular formula is C23H24FN3O4S. The van der Waals surface area contributed by atoms with Crippen LogP contribution < -0.4 is 4.90 Å². The molecule has 1 fully saturated rings. The minimum Gasteiger partial charge on any atom is -0.465 e. The van der Waals surface area contributed by atoms with Crippen LogP contribution in [-0.2, 0) is 9.47 Å². The first-order chi connectivity index (χ1) is 15.6. The first-order valence-electron chi connectivity index (χ1n) is 10.4. The average Bonchev–Trinajstić information content (AvgIpc) is 3.27. The van der Waals surface area contributed by atoms with Gasteiger partial charge in [-0.3, -0.25) is 14.6 Å².